The van der Waals surface area contributed by atoms with Crippen molar-refractivity contribution in [1.82, 2.24) is 4.90 Å². The number of hydrogen-bond acceptors (Lipinski definition) is 3. The zero-order valence-electron chi connectivity index (χ0n) is 11.8. The van der Waals surface area contributed by atoms with Gasteiger partial charge in [-0.2, -0.15) is 0 Å². The van der Waals surface area contributed by atoms with Crippen LogP contribution in [0.1, 0.15) is 36.5 Å². The van der Waals surface area contributed by atoms with Crippen LogP contribution in [-0.4, -0.2) is 36.0 Å². The zero-order chi connectivity index (χ0) is 15.4. The Kier molecular flexibility index (Phi) is 5.33. The smallest absolute Gasteiger partial charge is 0.328 e. The van der Waals surface area contributed by atoms with E-state index in [0.29, 0.717) is 17.4 Å². The van der Waals surface area contributed by atoms with Crippen molar-refractivity contribution in [3.05, 3.63) is 34.1 Å². The van der Waals surface area contributed by atoms with Crippen LogP contribution in [0, 0.1) is 5.82 Å². The quantitative estimate of drug-likeness (QED) is 0.780. The van der Waals surface area contributed by atoms with E-state index in [2.05, 4.69) is 15.9 Å². The summed E-state index contributed by atoms with van der Waals surface area (Å²) >= 11 is 3.17. The van der Waals surface area contributed by atoms with Crippen LogP contribution in [0.5, 0.6) is 0 Å². The topological polar surface area (TPSA) is 46.6 Å². The van der Waals surface area contributed by atoms with Crippen molar-refractivity contribution >= 4 is 27.8 Å². The fraction of sp³-hybridized carbons (Fsp3) is 0.467. The highest BCUT2D eigenvalue weighted by Gasteiger charge is 2.33. The Bertz CT molecular complexity index is 529. The van der Waals surface area contributed by atoms with E-state index in [0.717, 1.165) is 12.8 Å². The van der Waals surface area contributed by atoms with Gasteiger partial charge in [-0.3, -0.25) is 4.79 Å². The largest absolute Gasteiger partial charge is 0.464 e. The van der Waals surface area contributed by atoms with Gasteiger partial charge in [0.1, 0.15) is 11.9 Å². The molecule has 6 heteroatoms. The Morgan fingerprint density at radius 3 is 2.81 bits per heavy atom. The van der Waals surface area contributed by atoms with E-state index in [9.17, 15) is 14.0 Å². The molecule has 1 unspecified atom stereocenters. The van der Waals surface area contributed by atoms with Crippen molar-refractivity contribution in [3.8, 4) is 0 Å². The molecule has 4 nitrogen and oxygen atoms in total. The average molecular weight is 358 g/mol. The molecule has 1 atom stereocenters. The lowest BCUT2D eigenvalue weighted by molar-refractivity contribution is -0.149. The third-order valence-corrected chi connectivity index (χ3v) is 3.89. The Hall–Kier alpha value is -1.43. The molecule has 1 fully saturated rings. The molecule has 0 aromatic heterocycles. The van der Waals surface area contributed by atoms with E-state index < -0.39 is 11.9 Å². The molecule has 1 saturated heterocycles. The van der Waals surface area contributed by atoms with Crippen LogP contribution in [0.2, 0.25) is 0 Å². The third-order valence-electron chi connectivity index (χ3n) is 3.43. The molecule has 2 rings (SSSR count). The molecular weight excluding hydrogens is 341 g/mol. The first-order valence-corrected chi connectivity index (χ1v) is 7.76. The first-order valence-electron chi connectivity index (χ1n) is 6.96. The Morgan fingerprint density at radius 1 is 1.38 bits per heavy atom. The first kappa shape index (κ1) is 15.9. The van der Waals surface area contributed by atoms with Crippen molar-refractivity contribution in [1.29, 1.82) is 0 Å². The van der Waals surface area contributed by atoms with E-state index in [1.54, 1.807) is 13.0 Å². The molecule has 0 aliphatic carbocycles. The van der Waals surface area contributed by atoms with Gasteiger partial charge in [0.2, 0.25) is 0 Å². The molecule has 1 heterocycles. The summed E-state index contributed by atoms with van der Waals surface area (Å²) in [4.78, 5) is 26.0. The lowest BCUT2D eigenvalue weighted by Crippen LogP contribution is -2.48. The van der Waals surface area contributed by atoms with Gasteiger partial charge >= 0.3 is 5.97 Å². The molecule has 114 valence electrons. The predicted octanol–water partition coefficient (Wildman–Crippen LogP) is 3.15. The summed E-state index contributed by atoms with van der Waals surface area (Å²) < 4.78 is 19.0. The second-order valence-electron chi connectivity index (χ2n) is 4.92. The van der Waals surface area contributed by atoms with Gasteiger partial charge in [0.25, 0.3) is 5.91 Å². The van der Waals surface area contributed by atoms with Gasteiger partial charge in [-0.1, -0.05) is 15.9 Å². The van der Waals surface area contributed by atoms with E-state index >= 15 is 0 Å². The number of benzene rings is 1. The molecule has 21 heavy (non-hydrogen) atoms. The molecule has 1 aromatic rings. The Balaban J connectivity index is 2.24. The predicted molar refractivity (Wildman–Crippen MR) is 79.4 cm³/mol. The minimum Gasteiger partial charge on any atom is -0.464 e. The maximum absolute atomic E-state index is 13.4. The number of piperidine rings is 1. The Labute approximate surface area is 131 Å². The number of nitrogens with zero attached hydrogens (tertiary/aromatic N) is 1. The molecule has 0 radical (unpaired) electrons. The SMILES string of the molecule is CCOC(=O)C1CCCCN1C(=O)c1cc(F)cc(Br)c1. The molecular formula is C15H17BrFNO3. The summed E-state index contributed by atoms with van der Waals surface area (Å²) in [5.74, 6) is -1.22. The lowest BCUT2D eigenvalue weighted by Gasteiger charge is -2.34. The summed E-state index contributed by atoms with van der Waals surface area (Å²) in [5, 5.41) is 0. The fourth-order valence-corrected chi connectivity index (χ4v) is 2.97. The van der Waals surface area contributed by atoms with Crippen LogP contribution in [0.4, 0.5) is 4.39 Å². The number of hydrogen-bond donors (Lipinski definition) is 0. The second-order valence-corrected chi connectivity index (χ2v) is 5.84. The molecule has 0 saturated carbocycles. The fourth-order valence-electron chi connectivity index (χ4n) is 2.50. The van der Waals surface area contributed by atoms with Gasteiger partial charge in [0, 0.05) is 16.6 Å². The van der Waals surface area contributed by atoms with Gasteiger partial charge in [0.15, 0.2) is 0 Å². The van der Waals surface area contributed by atoms with E-state index in [-0.39, 0.29) is 24.0 Å². The van der Waals surface area contributed by atoms with E-state index in [1.807, 2.05) is 0 Å². The highest BCUT2D eigenvalue weighted by Crippen LogP contribution is 2.23. The third kappa shape index (κ3) is 3.81. The molecule has 1 aliphatic heterocycles. The number of carbonyl (C=O) groups excluding carboxylic acids is 2. The Morgan fingerprint density at radius 2 is 2.14 bits per heavy atom. The van der Waals surface area contributed by atoms with Crippen molar-refractivity contribution in [2.75, 3.05) is 13.2 Å². The van der Waals surface area contributed by atoms with Gasteiger partial charge < -0.3 is 9.64 Å². The summed E-state index contributed by atoms with van der Waals surface area (Å²) in [6.45, 7) is 2.50. The number of carbonyl (C=O) groups is 2. The number of rotatable bonds is 3. The summed E-state index contributed by atoms with van der Waals surface area (Å²) in [6.07, 6.45) is 2.29. The normalized spacial score (nSPS) is 18.4. The monoisotopic (exact) mass is 357 g/mol. The molecule has 0 N–H and O–H groups in total. The standard InChI is InChI=1S/C15H17BrFNO3/c1-2-21-15(20)13-5-3-4-6-18(13)14(19)10-7-11(16)9-12(17)8-10/h7-9,13H,2-6H2,1H3. The van der Waals surface area contributed by atoms with Crippen molar-refractivity contribution in [3.63, 3.8) is 0 Å². The van der Waals surface area contributed by atoms with Gasteiger partial charge in [-0.05, 0) is 44.4 Å². The number of esters is 1. The highest BCUT2D eigenvalue weighted by molar-refractivity contribution is 9.10. The van der Waals surface area contributed by atoms with Crippen LogP contribution < -0.4 is 0 Å². The van der Waals surface area contributed by atoms with Crippen LogP contribution in [-0.2, 0) is 9.53 Å². The second kappa shape index (κ2) is 7.02. The van der Waals surface area contributed by atoms with Crippen LogP contribution in [0.15, 0.2) is 22.7 Å². The minimum atomic E-state index is -0.576. The summed E-state index contributed by atoms with van der Waals surface area (Å²) in [6, 6.07) is 3.45. The number of ether oxygens (including phenoxy) is 1. The van der Waals surface area contributed by atoms with Crippen molar-refractivity contribution in [2.45, 2.75) is 32.2 Å². The molecule has 0 bridgehead atoms. The van der Waals surface area contributed by atoms with Gasteiger partial charge in [-0.15, -0.1) is 0 Å². The van der Waals surface area contributed by atoms with Gasteiger partial charge in [0.05, 0.1) is 6.61 Å². The molecule has 1 amide bonds. The van der Waals surface area contributed by atoms with E-state index in [1.165, 1.54) is 17.0 Å². The van der Waals surface area contributed by atoms with Gasteiger partial charge in [-0.25, -0.2) is 9.18 Å². The maximum atomic E-state index is 13.4. The summed E-state index contributed by atoms with van der Waals surface area (Å²) in [5.41, 5.74) is 0.234. The minimum absolute atomic E-state index is 0.234. The van der Waals surface area contributed by atoms with E-state index in [4.69, 9.17) is 4.74 Å². The van der Waals surface area contributed by atoms with Crippen molar-refractivity contribution in [2.24, 2.45) is 0 Å². The molecule has 0 spiro atoms. The first-order chi connectivity index (χ1) is 10.0. The number of halogens is 2. The highest BCUT2D eigenvalue weighted by atomic mass is 79.9. The van der Waals surface area contributed by atoms with Crippen LogP contribution >= 0.6 is 15.9 Å². The van der Waals surface area contributed by atoms with Crippen molar-refractivity contribution < 1.29 is 18.7 Å². The zero-order valence-corrected chi connectivity index (χ0v) is 13.4. The summed E-state index contributed by atoms with van der Waals surface area (Å²) in [7, 11) is 0. The lowest BCUT2D eigenvalue weighted by atomic mass is 10.0. The molecule has 1 aliphatic rings. The van der Waals surface area contributed by atoms with Crippen LogP contribution in [0.25, 0.3) is 0 Å². The molecule has 1 aromatic carbocycles. The maximum Gasteiger partial charge on any atom is 0.328 e. The number of amides is 1. The van der Waals surface area contributed by atoms with Crippen LogP contribution in [0.3, 0.4) is 0 Å². The average Bonchev–Trinajstić information content (AvgIpc) is 2.45. The number of likely N-dealkylation sites (tertiary alicyclic amines) is 1.